The zero-order valence-corrected chi connectivity index (χ0v) is 9.83. The molecule has 0 N–H and O–H groups in total. The van der Waals surface area contributed by atoms with Crippen LogP contribution in [0.1, 0.15) is 40.5 Å². The van der Waals surface area contributed by atoms with Gasteiger partial charge in [0.1, 0.15) is 0 Å². The molecule has 1 aliphatic heterocycles. The number of likely N-dealkylation sites (tertiary alicyclic amines) is 1. The van der Waals surface area contributed by atoms with Gasteiger partial charge >= 0.3 is 0 Å². The molecule has 3 nitrogen and oxygen atoms in total. The van der Waals surface area contributed by atoms with Gasteiger partial charge < -0.3 is 0 Å². The third-order valence-corrected chi connectivity index (χ3v) is 2.42. The van der Waals surface area contributed by atoms with Crippen molar-refractivity contribution in [1.82, 2.24) is 4.90 Å². The van der Waals surface area contributed by atoms with Gasteiger partial charge in [0.15, 0.2) is 0 Å². The van der Waals surface area contributed by atoms with Crippen LogP contribution in [0.15, 0.2) is 0 Å². The van der Waals surface area contributed by atoms with Crippen molar-refractivity contribution in [3.63, 3.8) is 0 Å². The van der Waals surface area contributed by atoms with E-state index in [0.717, 1.165) is 5.92 Å². The fourth-order valence-electron chi connectivity index (χ4n) is 0.940. The predicted molar refractivity (Wildman–Crippen MR) is 56.7 cm³/mol. The minimum Gasteiger partial charge on any atom is -0.286 e. The largest absolute Gasteiger partial charge is 0.286 e. The smallest absolute Gasteiger partial charge is 0.232 e. The summed E-state index contributed by atoms with van der Waals surface area (Å²) in [6.45, 7) is 8.41. The highest BCUT2D eigenvalue weighted by atomic mass is 16.2. The Morgan fingerprint density at radius 2 is 1.86 bits per heavy atom. The van der Waals surface area contributed by atoms with Gasteiger partial charge in [-0.05, 0) is 5.92 Å². The molecule has 0 aromatic rings. The molecule has 0 aliphatic carbocycles. The minimum atomic E-state index is -0.0949. The van der Waals surface area contributed by atoms with Crippen LogP contribution in [-0.2, 0) is 9.59 Å². The molecule has 0 aromatic heterocycles. The van der Waals surface area contributed by atoms with Crippen molar-refractivity contribution in [2.24, 2.45) is 11.8 Å². The Balaban J connectivity index is 0.000000292. The number of hydrogen-bond donors (Lipinski definition) is 0. The monoisotopic (exact) mass is 199 g/mol. The van der Waals surface area contributed by atoms with Gasteiger partial charge in [-0.1, -0.05) is 34.1 Å². The lowest BCUT2D eigenvalue weighted by atomic mass is 10.1. The highest BCUT2D eigenvalue weighted by molar-refractivity contribution is 6.02. The van der Waals surface area contributed by atoms with E-state index in [2.05, 4.69) is 20.8 Å². The van der Waals surface area contributed by atoms with Crippen molar-refractivity contribution in [2.75, 3.05) is 7.05 Å². The molecule has 0 aromatic carbocycles. The van der Waals surface area contributed by atoms with E-state index in [1.807, 2.05) is 0 Å². The Bertz CT molecular complexity index is 211. The summed E-state index contributed by atoms with van der Waals surface area (Å²) in [6.07, 6.45) is 1.69. The molecule has 1 heterocycles. The molecule has 0 saturated carbocycles. The summed E-state index contributed by atoms with van der Waals surface area (Å²) in [4.78, 5) is 22.7. The third-order valence-electron chi connectivity index (χ3n) is 2.42. The van der Waals surface area contributed by atoms with Crippen LogP contribution >= 0.6 is 0 Å². The number of rotatable bonds is 1. The van der Waals surface area contributed by atoms with Crippen LogP contribution in [-0.4, -0.2) is 23.8 Å². The van der Waals surface area contributed by atoms with Gasteiger partial charge in [-0.15, -0.1) is 0 Å². The molecule has 1 saturated heterocycles. The van der Waals surface area contributed by atoms with Gasteiger partial charge in [-0.3, -0.25) is 14.5 Å². The Labute approximate surface area is 86.5 Å². The van der Waals surface area contributed by atoms with Gasteiger partial charge in [-0.25, -0.2) is 0 Å². The summed E-state index contributed by atoms with van der Waals surface area (Å²) in [7, 11) is 1.52. The van der Waals surface area contributed by atoms with Crippen LogP contribution in [0.3, 0.4) is 0 Å². The Hall–Kier alpha value is -0.860. The Morgan fingerprint density at radius 3 is 1.93 bits per heavy atom. The van der Waals surface area contributed by atoms with Crippen molar-refractivity contribution in [3.8, 4) is 0 Å². The number of carbonyl (C=O) groups excluding carboxylic acids is 2. The average molecular weight is 199 g/mol. The molecule has 3 heteroatoms. The number of nitrogens with zero attached hydrogens (tertiary/aromatic N) is 1. The lowest BCUT2D eigenvalue weighted by Crippen LogP contribution is -2.24. The van der Waals surface area contributed by atoms with Gasteiger partial charge in [0.05, 0.1) is 0 Å². The van der Waals surface area contributed by atoms with E-state index in [1.54, 1.807) is 6.92 Å². The number of imide groups is 1. The van der Waals surface area contributed by atoms with E-state index in [9.17, 15) is 9.59 Å². The lowest BCUT2D eigenvalue weighted by molar-refractivity contribution is -0.137. The van der Waals surface area contributed by atoms with E-state index in [0.29, 0.717) is 6.42 Å². The highest BCUT2D eigenvalue weighted by Gasteiger charge is 2.32. The molecule has 1 aliphatic rings. The van der Waals surface area contributed by atoms with E-state index in [4.69, 9.17) is 0 Å². The second-order valence-electron chi connectivity index (χ2n) is 4.20. The zero-order chi connectivity index (χ0) is 11.3. The van der Waals surface area contributed by atoms with Crippen molar-refractivity contribution < 1.29 is 9.59 Å². The highest BCUT2D eigenvalue weighted by Crippen LogP contribution is 2.15. The maximum Gasteiger partial charge on any atom is 0.232 e. The fourth-order valence-corrected chi connectivity index (χ4v) is 0.940. The van der Waals surface area contributed by atoms with Crippen molar-refractivity contribution >= 4 is 11.8 Å². The number of carbonyl (C=O) groups is 2. The average Bonchev–Trinajstić information content (AvgIpc) is 2.34. The normalized spacial score (nSPS) is 21.3. The minimum absolute atomic E-state index is 0.0556. The van der Waals surface area contributed by atoms with Crippen LogP contribution in [0, 0.1) is 11.8 Å². The maximum atomic E-state index is 10.8. The van der Waals surface area contributed by atoms with Crippen LogP contribution in [0.5, 0.6) is 0 Å². The topological polar surface area (TPSA) is 37.4 Å². The molecule has 1 rings (SSSR count). The standard InChI is InChI=1S/C6H9NO2.C5H12/c1-4-3-5(8)7(2)6(4)9;1-4-5(2)3/h4H,3H2,1-2H3;5H,4H2,1-3H3. The van der Waals surface area contributed by atoms with Crippen LogP contribution in [0.4, 0.5) is 0 Å². The molecule has 82 valence electrons. The quantitative estimate of drug-likeness (QED) is 0.606. The van der Waals surface area contributed by atoms with Crippen molar-refractivity contribution in [2.45, 2.75) is 40.5 Å². The molecule has 1 fully saturated rings. The molecular weight excluding hydrogens is 178 g/mol. The third kappa shape index (κ3) is 3.90. The molecule has 0 spiro atoms. The van der Waals surface area contributed by atoms with E-state index in [1.165, 1.54) is 18.4 Å². The molecule has 2 amide bonds. The summed E-state index contributed by atoms with van der Waals surface area (Å²) >= 11 is 0. The first-order valence-electron chi connectivity index (χ1n) is 5.20. The lowest BCUT2D eigenvalue weighted by Gasteiger charge is -2.03. The molecule has 1 atom stereocenters. The van der Waals surface area contributed by atoms with Gasteiger partial charge in [0.2, 0.25) is 11.8 Å². The maximum absolute atomic E-state index is 10.8. The second-order valence-corrected chi connectivity index (χ2v) is 4.20. The fraction of sp³-hybridized carbons (Fsp3) is 0.818. The molecule has 0 bridgehead atoms. The summed E-state index contributed by atoms with van der Waals surface area (Å²) in [5, 5.41) is 0. The van der Waals surface area contributed by atoms with Crippen molar-refractivity contribution in [3.05, 3.63) is 0 Å². The first-order valence-corrected chi connectivity index (χ1v) is 5.20. The van der Waals surface area contributed by atoms with Crippen LogP contribution in [0.25, 0.3) is 0 Å². The Morgan fingerprint density at radius 1 is 1.43 bits per heavy atom. The van der Waals surface area contributed by atoms with E-state index >= 15 is 0 Å². The summed E-state index contributed by atoms with van der Waals surface area (Å²) in [5.41, 5.74) is 0. The first-order chi connectivity index (χ1) is 6.40. The number of amides is 2. The van der Waals surface area contributed by atoms with Crippen LogP contribution in [0.2, 0.25) is 0 Å². The molecule has 1 unspecified atom stereocenters. The molecule has 0 radical (unpaired) electrons. The van der Waals surface area contributed by atoms with Crippen molar-refractivity contribution in [1.29, 1.82) is 0 Å². The second kappa shape index (κ2) is 5.78. The summed E-state index contributed by atoms with van der Waals surface area (Å²) < 4.78 is 0. The van der Waals surface area contributed by atoms with Gasteiger partial charge in [0.25, 0.3) is 0 Å². The van der Waals surface area contributed by atoms with Crippen LogP contribution < -0.4 is 0 Å². The van der Waals surface area contributed by atoms with E-state index in [-0.39, 0.29) is 17.7 Å². The van der Waals surface area contributed by atoms with Gasteiger partial charge in [-0.2, -0.15) is 0 Å². The summed E-state index contributed by atoms with van der Waals surface area (Å²) in [6, 6.07) is 0. The van der Waals surface area contributed by atoms with E-state index < -0.39 is 0 Å². The van der Waals surface area contributed by atoms with Gasteiger partial charge in [0, 0.05) is 19.4 Å². The molecular formula is C11H21NO2. The predicted octanol–water partition coefficient (Wildman–Crippen LogP) is 2.06. The number of hydrogen-bond acceptors (Lipinski definition) is 2. The SMILES string of the molecule is CC1CC(=O)N(C)C1=O.CCC(C)C. The Kier molecular flexibility index (Phi) is 5.43. The first kappa shape index (κ1) is 13.1. The zero-order valence-electron chi connectivity index (χ0n) is 9.83. The summed E-state index contributed by atoms with van der Waals surface area (Å²) in [5.74, 6) is 0.671. The molecule has 14 heavy (non-hydrogen) atoms.